The number of amides is 1. The molecule has 23 heavy (non-hydrogen) atoms. The van der Waals surface area contributed by atoms with Gasteiger partial charge in [0.25, 0.3) is 5.91 Å². The van der Waals surface area contributed by atoms with Gasteiger partial charge >= 0.3 is 0 Å². The fourth-order valence-corrected chi connectivity index (χ4v) is 4.52. The minimum atomic E-state index is -3.02. The van der Waals surface area contributed by atoms with Crippen LogP contribution in [0.15, 0.2) is 36.4 Å². The highest BCUT2D eigenvalue weighted by Gasteiger charge is 2.29. The molecule has 0 bridgehead atoms. The van der Waals surface area contributed by atoms with Crippen molar-refractivity contribution >= 4 is 26.5 Å². The van der Waals surface area contributed by atoms with E-state index >= 15 is 0 Å². The lowest BCUT2D eigenvalue weighted by molar-refractivity contribution is 0.0937. The Labute approximate surface area is 135 Å². The van der Waals surface area contributed by atoms with E-state index in [1.165, 1.54) is 0 Å². The molecule has 1 N–H and O–H groups in total. The van der Waals surface area contributed by atoms with E-state index in [0.717, 1.165) is 10.8 Å². The Hall–Kier alpha value is -2.08. The maximum atomic E-state index is 12.6. The van der Waals surface area contributed by atoms with E-state index in [2.05, 4.69) is 5.32 Å². The highest BCUT2D eigenvalue weighted by molar-refractivity contribution is 7.91. The summed E-state index contributed by atoms with van der Waals surface area (Å²) in [5.74, 6) is 0.371. The molecule has 1 aliphatic rings. The van der Waals surface area contributed by atoms with Gasteiger partial charge in [-0.2, -0.15) is 0 Å². The smallest absolute Gasteiger partial charge is 0.255 e. The van der Waals surface area contributed by atoms with E-state index in [-0.39, 0.29) is 23.5 Å². The molecule has 0 unspecified atom stereocenters. The van der Waals surface area contributed by atoms with Crippen molar-refractivity contribution in [3.05, 3.63) is 42.0 Å². The Morgan fingerprint density at radius 2 is 1.96 bits per heavy atom. The summed E-state index contributed by atoms with van der Waals surface area (Å²) >= 11 is 0. The zero-order valence-corrected chi connectivity index (χ0v) is 13.7. The third-order valence-electron chi connectivity index (χ3n) is 3.96. The number of benzene rings is 2. The standard InChI is InChI=1S/C17H19NO4S/c1-2-22-16-10-13-6-4-3-5-12(13)9-15(16)17(19)18-14-7-8-23(20,21)11-14/h3-6,9-10,14H,2,7-8,11H2,1H3,(H,18,19)/t14-/m1/s1. The number of nitrogens with one attached hydrogen (secondary N) is 1. The first-order valence-electron chi connectivity index (χ1n) is 7.65. The van der Waals surface area contributed by atoms with Crippen LogP contribution in [0.1, 0.15) is 23.7 Å². The van der Waals surface area contributed by atoms with Crippen molar-refractivity contribution in [2.75, 3.05) is 18.1 Å². The second-order valence-corrected chi connectivity index (χ2v) is 7.93. The van der Waals surface area contributed by atoms with E-state index in [4.69, 9.17) is 4.74 Å². The van der Waals surface area contributed by atoms with Gasteiger partial charge in [0.15, 0.2) is 9.84 Å². The number of sulfone groups is 1. The quantitative estimate of drug-likeness (QED) is 0.930. The minimum absolute atomic E-state index is 0.0102. The van der Waals surface area contributed by atoms with Gasteiger partial charge in [0.1, 0.15) is 5.75 Å². The van der Waals surface area contributed by atoms with Crippen LogP contribution in [0.5, 0.6) is 5.75 Å². The van der Waals surface area contributed by atoms with Crippen LogP contribution in [-0.4, -0.2) is 38.5 Å². The molecule has 1 atom stereocenters. The first-order chi connectivity index (χ1) is 11.0. The number of carbonyl (C=O) groups is 1. The van der Waals surface area contributed by atoms with Crippen LogP contribution < -0.4 is 10.1 Å². The van der Waals surface area contributed by atoms with Crippen molar-refractivity contribution in [1.29, 1.82) is 0 Å². The third kappa shape index (κ3) is 3.47. The molecule has 1 amide bonds. The van der Waals surface area contributed by atoms with Crippen LogP contribution in [0, 0.1) is 0 Å². The summed E-state index contributed by atoms with van der Waals surface area (Å²) in [6, 6.07) is 11.0. The Kier molecular flexibility index (Phi) is 4.26. The van der Waals surface area contributed by atoms with E-state index in [9.17, 15) is 13.2 Å². The van der Waals surface area contributed by atoms with Gasteiger partial charge < -0.3 is 10.1 Å². The Morgan fingerprint density at radius 1 is 1.26 bits per heavy atom. The zero-order chi connectivity index (χ0) is 16.4. The van der Waals surface area contributed by atoms with Crippen LogP contribution in [-0.2, 0) is 9.84 Å². The molecule has 6 heteroatoms. The molecule has 1 aliphatic heterocycles. The van der Waals surface area contributed by atoms with Crippen molar-refractivity contribution in [1.82, 2.24) is 5.32 Å². The largest absolute Gasteiger partial charge is 0.493 e. The predicted octanol–water partition coefficient (Wildman–Crippen LogP) is 2.16. The highest BCUT2D eigenvalue weighted by atomic mass is 32.2. The average molecular weight is 333 g/mol. The number of carbonyl (C=O) groups excluding carboxylic acids is 1. The number of hydrogen-bond donors (Lipinski definition) is 1. The van der Waals surface area contributed by atoms with E-state index in [0.29, 0.717) is 24.3 Å². The van der Waals surface area contributed by atoms with Gasteiger partial charge in [-0.25, -0.2) is 8.42 Å². The lowest BCUT2D eigenvalue weighted by atomic mass is 10.0. The fourth-order valence-electron chi connectivity index (χ4n) is 2.84. The van der Waals surface area contributed by atoms with E-state index in [1.54, 1.807) is 6.07 Å². The second-order valence-electron chi connectivity index (χ2n) is 5.70. The maximum Gasteiger partial charge on any atom is 0.255 e. The van der Waals surface area contributed by atoms with Crippen molar-refractivity contribution < 1.29 is 17.9 Å². The summed E-state index contributed by atoms with van der Waals surface area (Å²) in [5.41, 5.74) is 0.440. The molecule has 2 aromatic carbocycles. The molecule has 5 nitrogen and oxygen atoms in total. The van der Waals surface area contributed by atoms with E-state index in [1.807, 2.05) is 37.3 Å². The minimum Gasteiger partial charge on any atom is -0.493 e. The van der Waals surface area contributed by atoms with Gasteiger partial charge in [-0.05, 0) is 36.2 Å². The number of fused-ring (bicyclic) bond motifs is 1. The lowest BCUT2D eigenvalue weighted by Gasteiger charge is -2.15. The van der Waals surface area contributed by atoms with Crippen molar-refractivity contribution in [2.24, 2.45) is 0 Å². The fraction of sp³-hybridized carbons (Fsp3) is 0.353. The van der Waals surface area contributed by atoms with E-state index < -0.39 is 9.84 Å². The molecule has 0 aromatic heterocycles. The number of hydrogen-bond acceptors (Lipinski definition) is 4. The van der Waals surface area contributed by atoms with Gasteiger partial charge in [-0.15, -0.1) is 0 Å². The molecule has 0 saturated carbocycles. The molecule has 0 spiro atoms. The molecule has 0 aliphatic carbocycles. The summed E-state index contributed by atoms with van der Waals surface area (Å²) in [6.07, 6.45) is 0.464. The highest BCUT2D eigenvalue weighted by Crippen LogP contribution is 2.26. The Bertz CT molecular complexity index is 845. The van der Waals surface area contributed by atoms with Crippen molar-refractivity contribution in [2.45, 2.75) is 19.4 Å². The Morgan fingerprint density at radius 3 is 2.57 bits per heavy atom. The van der Waals surface area contributed by atoms with Gasteiger partial charge in [0, 0.05) is 6.04 Å². The van der Waals surface area contributed by atoms with Crippen molar-refractivity contribution in [3.63, 3.8) is 0 Å². The predicted molar refractivity (Wildman–Crippen MR) is 89.6 cm³/mol. The number of rotatable bonds is 4. The Balaban J connectivity index is 1.90. The van der Waals surface area contributed by atoms with Crippen LogP contribution in [0.4, 0.5) is 0 Å². The third-order valence-corrected chi connectivity index (χ3v) is 5.73. The summed E-state index contributed by atoms with van der Waals surface area (Å²) in [4.78, 5) is 12.6. The summed E-state index contributed by atoms with van der Waals surface area (Å²) < 4.78 is 28.6. The molecule has 0 radical (unpaired) electrons. The number of ether oxygens (including phenoxy) is 1. The van der Waals surface area contributed by atoms with Crippen LogP contribution in [0.3, 0.4) is 0 Å². The van der Waals surface area contributed by atoms with Gasteiger partial charge in [-0.1, -0.05) is 24.3 Å². The van der Waals surface area contributed by atoms with Gasteiger partial charge in [0.2, 0.25) is 0 Å². The van der Waals surface area contributed by atoms with Crippen LogP contribution in [0.25, 0.3) is 10.8 Å². The SMILES string of the molecule is CCOc1cc2ccccc2cc1C(=O)N[C@@H]1CCS(=O)(=O)C1. The van der Waals surface area contributed by atoms with Gasteiger partial charge in [0.05, 0.1) is 23.7 Å². The first kappa shape index (κ1) is 15.8. The topological polar surface area (TPSA) is 72.5 Å². The molecule has 1 heterocycles. The maximum absolute atomic E-state index is 12.6. The van der Waals surface area contributed by atoms with Crippen LogP contribution >= 0.6 is 0 Å². The van der Waals surface area contributed by atoms with Crippen LogP contribution in [0.2, 0.25) is 0 Å². The molecule has 3 rings (SSSR count). The lowest BCUT2D eigenvalue weighted by Crippen LogP contribution is -2.35. The summed E-state index contributed by atoms with van der Waals surface area (Å²) in [5, 5.41) is 4.76. The molecular formula is C17H19NO4S. The normalized spacial score (nSPS) is 19.6. The summed E-state index contributed by atoms with van der Waals surface area (Å²) in [7, 11) is -3.02. The zero-order valence-electron chi connectivity index (χ0n) is 12.9. The summed E-state index contributed by atoms with van der Waals surface area (Å²) in [6.45, 7) is 2.32. The first-order valence-corrected chi connectivity index (χ1v) is 9.47. The molecule has 2 aromatic rings. The molecular weight excluding hydrogens is 314 g/mol. The molecule has 1 saturated heterocycles. The molecule has 1 fully saturated rings. The second kappa shape index (κ2) is 6.20. The monoisotopic (exact) mass is 333 g/mol. The average Bonchev–Trinajstić information content (AvgIpc) is 2.85. The van der Waals surface area contributed by atoms with Crippen molar-refractivity contribution in [3.8, 4) is 5.75 Å². The molecule has 122 valence electrons. The van der Waals surface area contributed by atoms with Gasteiger partial charge in [-0.3, -0.25) is 4.79 Å².